The Kier molecular flexibility index (Phi) is 10.7. The van der Waals surface area contributed by atoms with Crippen LogP contribution in [0, 0.1) is 6.92 Å². The number of benzene rings is 2. The summed E-state index contributed by atoms with van der Waals surface area (Å²) in [6, 6.07) is 11.0. The van der Waals surface area contributed by atoms with E-state index in [2.05, 4.69) is 46.1 Å². The van der Waals surface area contributed by atoms with Gasteiger partial charge in [0.2, 0.25) is 0 Å². The van der Waals surface area contributed by atoms with Crippen molar-refractivity contribution in [2.45, 2.75) is 52.5 Å². The first-order chi connectivity index (χ1) is 24.4. The fourth-order valence-electron chi connectivity index (χ4n) is 5.92. The van der Waals surface area contributed by atoms with Crippen LogP contribution in [0.3, 0.4) is 0 Å². The number of aryl methyl sites for hydroxylation is 1. The topological polar surface area (TPSA) is 172 Å². The number of nitrogens with zero attached hydrogens (tertiary/aromatic N) is 5. The number of hydrogen-bond acceptors (Lipinski definition) is 9. The van der Waals surface area contributed by atoms with Gasteiger partial charge in [-0.1, -0.05) is 33.8 Å². The maximum absolute atomic E-state index is 13.6. The maximum atomic E-state index is 13.6. The van der Waals surface area contributed by atoms with Gasteiger partial charge in [0.15, 0.2) is 11.5 Å². The van der Waals surface area contributed by atoms with Gasteiger partial charge >= 0.3 is 11.3 Å². The molecule has 0 radical (unpaired) electrons. The molecule has 15 nitrogen and oxygen atoms in total. The average molecular weight is 721 g/mol. The van der Waals surface area contributed by atoms with Crippen LogP contribution < -0.4 is 14.2 Å². The molecule has 2 atom stereocenters. The highest BCUT2D eigenvalue weighted by Crippen LogP contribution is 2.26. The monoisotopic (exact) mass is 720 g/mol. The summed E-state index contributed by atoms with van der Waals surface area (Å²) >= 11 is -2.16. The Morgan fingerprint density at radius 3 is 2.10 bits per heavy atom. The number of ether oxygens (including phenoxy) is 2. The first kappa shape index (κ1) is 36.0. The fraction of sp³-hybridized carbons (Fsp3) is 0.457. The average Bonchev–Trinajstić information content (AvgIpc) is 3.73. The van der Waals surface area contributed by atoms with E-state index in [9.17, 15) is 18.6 Å². The lowest BCUT2D eigenvalue weighted by Crippen LogP contribution is -2.41. The Morgan fingerprint density at radius 1 is 0.922 bits per heavy atom. The number of anilines is 1. The molecule has 4 heterocycles. The number of morpholine rings is 2. The molecule has 16 heteroatoms. The minimum Gasteiger partial charge on any atom is -0.385 e. The molecular formula is C35H44N8O7S. The number of aromatic amines is 1. The molecule has 2 fully saturated rings. The first-order valence-electron chi connectivity index (χ1n) is 17.0. The van der Waals surface area contributed by atoms with Crippen molar-refractivity contribution in [2.75, 3.05) is 57.3 Å². The molecule has 2 aliphatic heterocycles. The van der Waals surface area contributed by atoms with Crippen LogP contribution in [-0.2, 0) is 26.2 Å². The van der Waals surface area contributed by atoms with Gasteiger partial charge in [-0.3, -0.25) is 24.2 Å². The number of carbonyl (C=O) groups excluding carboxylic acids is 3. The van der Waals surface area contributed by atoms with Crippen LogP contribution in [0.25, 0.3) is 5.65 Å². The zero-order valence-corrected chi connectivity index (χ0v) is 30.3. The van der Waals surface area contributed by atoms with E-state index in [1.165, 1.54) is 18.2 Å². The molecule has 272 valence electrons. The van der Waals surface area contributed by atoms with Gasteiger partial charge in [0.05, 0.1) is 38.2 Å². The smallest absolute Gasteiger partial charge is 0.316 e. The number of fused-ring (bicyclic) bond motifs is 1. The van der Waals surface area contributed by atoms with Crippen molar-refractivity contribution < 1.29 is 32.2 Å². The highest BCUT2D eigenvalue weighted by atomic mass is 32.2. The van der Waals surface area contributed by atoms with Crippen LogP contribution in [-0.4, -0.2) is 104 Å². The summed E-state index contributed by atoms with van der Waals surface area (Å²) in [6.45, 7) is 13.4. The van der Waals surface area contributed by atoms with Crippen LogP contribution >= 0.6 is 0 Å². The van der Waals surface area contributed by atoms with Gasteiger partial charge in [-0.05, 0) is 49.2 Å². The summed E-state index contributed by atoms with van der Waals surface area (Å²) in [5.41, 5.74) is 3.46. The van der Waals surface area contributed by atoms with Crippen molar-refractivity contribution in [1.29, 1.82) is 0 Å². The third-order valence-electron chi connectivity index (χ3n) is 8.90. The molecule has 0 saturated carbocycles. The second-order valence-electron chi connectivity index (χ2n) is 13.6. The van der Waals surface area contributed by atoms with Gasteiger partial charge in [-0.15, -0.1) is 10.2 Å². The molecule has 2 aromatic carbocycles. The number of H-pyrrole nitrogens is 1. The fourth-order valence-corrected chi connectivity index (χ4v) is 6.55. The normalized spacial score (nSPS) is 16.5. The van der Waals surface area contributed by atoms with Crippen molar-refractivity contribution >= 4 is 40.3 Å². The Balaban J connectivity index is 1.18. The van der Waals surface area contributed by atoms with Crippen LogP contribution in [0.5, 0.6) is 5.75 Å². The van der Waals surface area contributed by atoms with Crippen molar-refractivity contribution in [1.82, 2.24) is 34.9 Å². The van der Waals surface area contributed by atoms with Gasteiger partial charge in [0.1, 0.15) is 5.75 Å². The quantitative estimate of drug-likeness (QED) is 0.222. The number of amides is 3. The van der Waals surface area contributed by atoms with Crippen LogP contribution in [0.15, 0.2) is 42.5 Å². The van der Waals surface area contributed by atoms with Gasteiger partial charge < -0.3 is 28.8 Å². The van der Waals surface area contributed by atoms with Crippen LogP contribution in [0.1, 0.15) is 88.3 Å². The number of hydrogen-bond donors (Lipinski definition) is 3. The molecular weight excluding hydrogens is 677 g/mol. The molecule has 3 N–H and O–H groups in total. The summed E-state index contributed by atoms with van der Waals surface area (Å²) < 4.78 is 34.4. The summed E-state index contributed by atoms with van der Waals surface area (Å²) in [6.07, 6.45) is 0.564. The molecule has 0 spiro atoms. The number of carbonyl (C=O) groups is 3. The minimum absolute atomic E-state index is 0.0750. The maximum Gasteiger partial charge on any atom is 0.316 e. The van der Waals surface area contributed by atoms with E-state index in [-0.39, 0.29) is 40.0 Å². The lowest BCUT2D eigenvalue weighted by molar-refractivity contribution is 0.0298. The minimum atomic E-state index is -2.16. The standard InChI is InChI=1S/C35H44N8O7S/c1-6-28(31-38-37-30-21-29(35(3,4)5)39-43(30)31)36-32(44)27-20-25(8-7-22(27)2)40-51(47)50-26-18-23(33(45)41-9-13-48-14-10-41)17-24(19-26)34(46)42-11-15-49-16-12-42/h7-8,17-21,28,39-40H,6,9-16H2,1-5H3,(H,36,44). The molecule has 51 heavy (non-hydrogen) atoms. The Labute approximate surface area is 298 Å². The molecule has 0 bridgehead atoms. The molecule has 6 rings (SSSR count). The highest BCUT2D eigenvalue weighted by molar-refractivity contribution is 7.81. The largest absolute Gasteiger partial charge is 0.385 e. The van der Waals surface area contributed by atoms with Crippen LogP contribution in [0.2, 0.25) is 0 Å². The third kappa shape index (κ3) is 8.24. The number of aromatic nitrogens is 4. The van der Waals surface area contributed by atoms with Crippen molar-refractivity contribution in [2.24, 2.45) is 0 Å². The highest BCUT2D eigenvalue weighted by Gasteiger charge is 2.26. The lowest BCUT2D eigenvalue weighted by atomic mass is 9.93. The van der Waals surface area contributed by atoms with Crippen molar-refractivity contribution in [3.8, 4) is 5.75 Å². The van der Waals surface area contributed by atoms with E-state index < -0.39 is 17.3 Å². The Hall–Kier alpha value is -4.80. The molecule has 0 aliphatic carbocycles. The molecule has 2 unspecified atom stereocenters. The van der Waals surface area contributed by atoms with E-state index in [0.717, 1.165) is 5.69 Å². The Morgan fingerprint density at radius 2 is 1.53 bits per heavy atom. The summed E-state index contributed by atoms with van der Waals surface area (Å²) in [7, 11) is 0. The molecule has 2 aliphatic rings. The predicted molar refractivity (Wildman–Crippen MR) is 190 cm³/mol. The molecule has 3 amide bonds. The predicted octanol–water partition coefficient (Wildman–Crippen LogP) is 3.56. The van der Waals surface area contributed by atoms with E-state index in [1.54, 1.807) is 32.5 Å². The van der Waals surface area contributed by atoms with E-state index in [4.69, 9.17) is 13.7 Å². The number of rotatable bonds is 10. The summed E-state index contributed by atoms with van der Waals surface area (Å²) in [4.78, 5) is 43.8. The summed E-state index contributed by atoms with van der Waals surface area (Å²) in [5, 5.41) is 15.1. The second kappa shape index (κ2) is 15.2. The van der Waals surface area contributed by atoms with Gasteiger partial charge in [0.25, 0.3) is 17.7 Å². The van der Waals surface area contributed by atoms with Gasteiger partial charge in [0, 0.05) is 60.0 Å². The second-order valence-corrected chi connectivity index (χ2v) is 14.5. The van der Waals surface area contributed by atoms with Crippen molar-refractivity contribution in [3.63, 3.8) is 0 Å². The SMILES string of the molecule is CCC(NC(=O)c1cc(NS(=O)Oc2cc(C(=O)N3CCOCC3)cc(C(=O)N3CCOCC3)c2)ccc1C)c1nnc2cc(C(C)(C)C)[nH]n12. The first-order valence-corrected chi connectivity index (χ1v) is 18.1. The lowest BCUT2D eigenvalue weighted by Gasteiger charge is -2.28. The number of nitrogens with one attached hydrogen (secondary N) is 3. The molecule has 2 saturated heterocycles. The summed E-state index contributed by atoms with van der Waals surface area (Å²) in [5.74, 6) is -0.245. The van der Waals surface area contributed by atoms with E-state index >= 15 is 0 Å². The van der Waals surface area contributed by atoms with Crippen LogP contribution in [0.4, 0.5) is 5.69 Å². The zero-order valence-electron chi connectivity index (χ0n) is 29.5. The van der Waals surface area contributed by atoms with E-state index in [1.807, 2.05) is 19.9 Å². The Bertz CT molecular complexity index is 1890. The van der Waals surface area contributed by atoms with Gasteiger partial charge in [-0.2, -0.15) is 4.21 Å². The van der Waals surface area contributed by atoms with Crippen molar-refractivity contribution in [3.05, 3.63) is 76.2 Å². The molecule has 4 aromatic rings. The third-order valence-corrected chi connectivity index (χ3v) is 9.65. The molecule has 2 aromatic heterocycles. The van der Waals surface area contributed by atoms with E-state index in [0.29, 0.717) is 87.3 Å². The van der Waals surface area contributed by atoms with Gasteiger partial charge in [-0.25, -0.2) is 4.52 Å². The zero-order chi connectivity index (χ0) is 36.3.